The van der Waals surface area contributed by atoms with E-state index >= 15 is 0 Å². The number of nitrogens with zero attached hydrogens (tertiary/aromatic N) is 2. The molecule has 0 aliphatic carbocycles. The van der Waals surface area contributed by atoms with Crippen LogP contribution in [0.3, 0.4) is 0 Å². The number of fused-ring (bicyclic) bond motifs is 1. The van der Waals surface area contributed by atoms with Gasteiger partial charge in [-0.1, -0.05) is 13.8 Å². The Hall–Kier alpha value is -3.36. The molecule has 0 saturated carbocycles. The highest BCUT2D eigenvalue weighted by molar-refractivity contribution is 6.00. The van der Waals surface area contributed by atoms with Gasteiger partial charge in [0.05, 0.1) is 30.3 Å². The van der Waals surface area contributed by atoms with Crippen molar-refractivity contribution in [2.75, 3.05) is 12.0 Å². The van der Waals surface area contributed by atoms with Crippen LogP contribution in [0.4, 0.5) is 11.4 Å². The molecule has 0 radical (unpaired) electrons. The monoisotopic (exact) mass is 374 g/mol. The zero-order chi connectivity index (χ0) is 19.7. The van der Waals surface area contributed by atoms with Crippen molar-refractivity contribution < 1.29 is 28.4 Å². The summed E-state index contributed by atoms with van der Waals surface area (Å²) >= 11 is 0. The summed E-state index contributed by atoms with van der Waals surface area (Å²) in [7, 11) is 1.24. The van der Waals surface area contributed by atoms with Crippen molar-refractivity contribution >= 4 is 23.3 Å². The topological polar surface area (TPSA) is 112 Å². The summed E-state index contributed by atoms with van der Waals surface area (Å²) in [5.74, 6) is -0.403. The lowest BCUT2D eigenvalue weighted by Crippen LogP contribution is -2.47. The minimum absolute atomic E-state index is 0.0255. The largest absolute Gasteiger partial charge is 0.478 e. The first-order valence-corrected chi connectivity index (χ1v) is 8.25. The number of carbonyl (C=O) groups excluding carboxylic acids is 2. The van der Waals surface area contributed by atoms with Crippen LogP contribution in [0.2, 0.25) is 0 Å². The SMILES string of the molecule is COC(=O)c1ccc(CN2C(=O)C(C(C)C)Oc3cc([N+](=O)[O-])ccc32)o1. The fourth-order valence-electron chi connectivity index (χ4n) is 2.81. The second-order valence-corrected chi connectivity index (χ2v) is 6.37. The first-order chi connectivity index (χ1) is 12.8. The number of non-ortho nitro benzene ring substituents is 1. The average Bonchev–Trinajstić information content (AvgIpc) is 3.11. The molecule has 3 rings (SSSR count). The third kappa shape index (κ3) is 3.48. The van der Waals surface area contributed by atoms with Crippen LogP contribution in [0.25, 0.3) is 0 Å². The molecular formula is C18H18N2O7. The predicted molar refractivity (Wildman–Crippen MR) is 93.6 cm³/mol. The van der Waals surface area contributed by atoms with Crippen LogP contribution in [-0.4, -0.2) is 30.0 Å². The van der Waals surface area contributed by atoms with Gasteiger partial charge in [-0.25, -0.2) is 4.79 Å². The summed E-state index contributed by atoms with van der Waals surface area (Å²) in [5.41, 5.74) is 0.273. The fraction of sp³-hybridized carbons (Fsp3) is 0.333. The van der Waals surface area contributed by atoms with E-state index < -0.39 is 17.0 Å². The van der Waals surface area contributed by atoms with E-state index in [1.807, 2.05) is 13.8 Å². The van der Waals surface area contributed by atoms with Gasteiger partial charge in [0.2, 0.25) is 5.76 Å². The second kappa shape index (κ2) is 7.10. The fourth-order valence-corrected chi connectivity index (χ4v) is 2.81. The molecule has 1 aliphatic rings. The Labute approximate surface area is 154 Å². The van der Waals surface area contributed by atoms with E-state index in [-0.39, 0.29) is 35.6 Å². The number of furan rings is 1. The van der Waals surface area contributed by atoms with Gasteiger partial charge in [-0.2, -0.15) is 0 Å². The van der Waals surface area contributed by atoms with Gasteiger partial charge in [-0.15, -0.1) is 0 Å². The number of benzene rings is 1. The molecule has 1 atom stereocenters. The Morgan fingerprint density at radius 2 is 2.07 bits per heavy atom. The summed E-state index contributed by atoms with van der Waals surface area (Å²) in [6, 6.07) is 7.10. The third-order valence-electron chi connectivity index (χ3n) is 4.18. The Balaban J connectivity index is 1.97. The Morgan fingerprint density at radius 3 is 2.70 bits per heavy atom. The van der Waals surface area contributed by atoms with Gasteiger partial charge in [0.15, 0.2) is 11.9 Å². The molecule has 1 aromatic carbocycles. The van der Waals surface area contributed by atoms with Crippen molar-refractivity contribution in [2.24, 2.45) is 5.92 Å². The van der Waals surface area contributed by atoms with Crippen LogP contribution in [0.5, 0.6) is 5.75 Å². The smallest absolute Gasteiger partial charge is 0.373 e. The van der Waals surface area contributed by atoms with E-state index in [2.05, 4.69) is 4.74 Å². The number of carbonyl (C=O) groups is 2. The van der Waals surface area contributed by atoms with E-state index in [0.29, 0.717) is 11.4 Å². The number of esters is 1. The normalized spacial score (nSPS) is 16.1. The van der Waals surface area contributed by atoms with Gasteiger partial charge in [-0.05, 0) is 24.1 Å². The molecule has 2 aromatic rings. The molecule has 0 bridgehead atoms. The average molecular weight is 374 g/mol. The maximum absolute atomic E-state index is 12.9. The number of hydrogen-bond acceptors (Lipinski definition) is 7. The highest BCUT2D eigenvalue weighted by Gasteiger charge is 2.37. The molecule has 1 aromatic heterocycles. The van der Waals surface area contributed by atoms with Gasteiger partial charge < -0.3 is 13.9 Å². The summed E-state index contributed by atoms with van der Waals surface area (Å²) in [6.45, 7) is 3.70. The van der Waals surface area contributed by atoms with Crippen LogP contribution in [0, 0.1) is 16.0 Å². The van der Waals surface area contributed by atoms with Gasteiger partial charge in [0.1, 0.15) is 5.76 Å². The minimum Gasteiger partial charge on any atom is -0.478 e. The summed E-state index contributed by atoms with van der Waals surface area (Å²) < 4.78 is 15.8. The zero-order valence-electron chi connectivity index (χ0n) is 15.0. The zero-order valence-corrected chi connectivity index (χ0v) is 15.0. The van der Waals surface area contributed by atoms with Crippen LogP contribution >= 0.6 is 0 Å². The molecule has 0 spiro atoms. The number of ether oxygens (including phenoxy) is 2. The number of methoxy groups -OCH3 is 1. The number of nitro benzene ring substituents is 1. The molecule has 0 N–H and O–H groups in total. The van der Waals surface area contributed by atoms with E-state index in [0.717, 1.165) is 0 Å². The summed E-state index contributed by atoms with van der Waals surface area (Å²) in [6.07, 6.45) is -0.783. The van der Waals surface area contributed by atoms with E-state index in [1.54, 1.807) is 6.07 Å². The Bertz CT molecular complexity index is 903. The number of anilines is 1. The first kappa shape index (κ1) is 18.4. The molecule has 2 heterocycles. The lowest BCUT2D eigenvalue weighted by Gasteiger charge is -2.35. The molecule has 0 fully saturated rings. The van der Waals surface area contributed by atoms with Gasteiger partial charge in [0, 0.05) is 6.07 Å². The lowest BCUT2D eigenvalue weighted by atomic mass is 10.0. The highest BCUT2D eigenvalue weighted by atomic mass is 16.6. The van der Waals surface area contributed by atoms with Crippen molar-refractivity contribution in [2.45, 2.75) is 26.5 Å². The molecule has 0 saturated heterocycles. The molecule has 27 heavy (non-hydrogen) atoms. The quantitative estimate of drug-likeness (QED) is 0.449. The highest BCUT2D eigenvalue weighted by Crippen LogP contribution is 2.39. The summed E-state index contributed by atoms with van der Waals surface area (Å²) in [5, 5.41) is 11.0. The van der Waals surface area contributed by atoms with Gasteiger partial charge in [0.25, 0.3) is 11.6 Å². The van der Waals surface area contributed by atoms with E-state index in [4.69, 9.17) is 9.15 Å². The first-order valence-electron chi connectivity index (χ1n) is 8.25. The molecule has 9 nitrogen and oxygen atoms in total. The van der Waals surface area contributed by atoms with Crippen LogP contribution < -0.4 is 9.64 Å². The van der Waals surface area contributed by atoms with Gasteiger partial charge in [-0.3, -0.25) is 19.8 Å². The number of nitro groups is 1. The molecule has 1 amide bonds. The van der Waals surface area contributed by atoms with Crippen LogP contribution in [0.1, 0.15) is 30.2 Å². The van der Waals surface area contributed by atoms with Crippen molar-refractivity contribution in [3.63, 3.8) is 0 Å². The minimum atomic E-state index is -0.783. The van der Waals surface area contributed by atoms with Crippen molar-refractivity contribution in [3.8, 4) is 5.75 Å². The Morgan fingerprint density at radius 1 is 1.33 bits per heavy atom. The van der Waals surface area contributed by atoms with Crippen molar-refractivity contribution in [1.29, 1.82) is 0 Å². The molecule has 1 unspecified atom stereocenters. The van der Waals surface area contributed by atoms with E-state index in [9.17, 15) is 19.7 Å². The van der Waals surface area contributed by atoms with Gasteiger partial charge >= 0.3 is 5.97 Å². The molecule has 1 aliphatic heterocycles. The molecular weight excluding hydrogens is 356 g/mol. The number of hydrogen-bond donors (Lipinski definition) is 0. The second-order valence-electron chi connectivity index (χ2n) is 6.37. The standard InChI is InChI=1S/C18H18N2O7/c1-10(2)16-17(21)19(9-12-5-7-14(26-12)18(22)25-3)13-6-4-11(20(23)24)8-15(13)27-16/h4-8,10,16H,9H2,1-3H3. The molecule has 142 valence electrons. The van der Waals surface area contributed by atoms with Crippen LogP contribution in [0.15, 0.2) is 34.7 Å². The maximum Gasteiger partial charge on any atom is 0.373 e. The Kier molecular flexibility index (Phi) is 4.85. The van der Waals surface area contributed by atoms with Crippen molar-refractivity contribution in [1.82, 2.24) is 0 Å². The maximum atomic E-state index is 12.9. The van der Waals surface area contributed by atoms with Crippen molar-refractivity contribution in [3.05, 3.63) is 52.0 Å². The molecule has 9 heteroatoms. The lowest BCUT2D eigenvalue weighted by molar-refractivity contribution is -0.384. The predicted octanol–water partition coefficient (Wildman–Crippen LogP) is 2.92. The third-order valence-corrected chi connectivity index (χ3v) is 4.18. The van der Waals surface area contributed by atoms with Crippen LogP contribution in [-0.2, 0) is 16.1 Å². The number of amides is 1. The number of rotatable bonds is 5. The van der Waals surface area contributed by atoms with E-state index in [1.165, 1.54) is 36.3 Å². The summed E-state index contributed by atoms with van der Waals surface area (Å²) in [4.78, 5) is 36.4.